The number of nitrogen functional groups attached to an aromatic ring is 1. The number of nitrogens with zero attached hydrogens (tertiary/aromatic N) is 4. The van der Waals surface area contributed by atoms with Crippen LogP contribution in [0.5, 0.6) is 0 Å². The minimum Gasteiger partial charge on any atom is -0.399 e. The molecule has 1 aromatic rings. The van der Waals surface area contributed by atoms with Gasteiger partial charge in [0.2, 0.25) is 0 Å². The molecule has 0 amide bonds. The summed E-state index contributed by atoms with van der Waals surface area (Å²) in [5, 5.41) is 3.42. The molecule has 0 aromatic heterocycles. The maximum absolute atomic E-state index is 6.11. The number of likely N-dealkylation sites (N-methyl/N-ethyl adjacent to an activating group) is 1. The van der Waals surface area contributed by atoms with Gasteiger partial charge in [0.05, 0.1) is 11.4 Å². The van der Waals surface area contributed by atoms with E-state index in [9.17, 15) is 0 Å². The smallest absolute Gasteiger partial charge is 0.156 e. The molecule has 7 nitrogen and oxygen atoms in total. The lowest BCUT2D eigenvalue weighted by molar-refractivity contribution is 0.313. The van der Waals surface area contributed by atoms with Gasteiger partial charge in [0.15, 0.2) is 11.0 Å². The third-order valence-corrected chi connectivity index (χ3v) is 4.37. The minimum atomic E-state index is 0.211. The SMILES string of the molecule is C=N/C(Nc1cc(N)ccc1N1CCN(C)CC1)=C(N)\C(Cl)=N/CC. The average Bonchev–Trinajstić information content (AvgIpc) is 2.60. The number of nitrogens with two attached hydrogens (primary N) is 2. The Kier molecular flexibility index (Phi) is 6.66. The lowest BCUT2D eigenvalue weighted by atomic mass is 10.2. The van der Waals surface area contributed by atoms with Crippen LogP contribution in [-0.2, 0) is 0 Å². The quantitative estimate of drug-likeness (QED) is 0.530. The van der Waals surface area contributed by atoms with Gasteiger partial charge >= 0.3 is 0 Å². The van der Waals surface area contributed by atoms with Crippen molar-refractivity contribution >= 4 is 40.6 Å². The molecular weight excluding hydrogens is 338 g/mol. The van der Waals surface area contributed by atoms with Gasteiger partial charge in [-0.25, -0.2) is 4.99 Å². The van der Waals surface area contributed by atoms with Gasteiger partial charge in [-0.2, -0.15) is 0 Å². The van der Waals surface area contributed by atoms with Gasteiger partial charge in [-0.15, -0.1) is 0 Å². The van der Waals surface area contributed by atoms with Crippen LogP contribution in [0.15, 0.2) is 39.7 Å². The Morgan fingerprint density at radius 3 is 2.60 bits per heavy atom. The predicted octanol–water partition coefficient (Wildman–Crippen LogP) is 1.92. The van der Waals surface area contributed by atoms with E-state index in [4.69, 9.17) is 23.1 Å². The van der Waals surface area contributed by atoms with Crippen molar-refractivity contribution in [2.75, 3.05) is 55.7 Å². The summed E-state index contributed by atoms with van der Waals surface area (Å²) < 4.78 is 0. The summed E-state index contributed by atoms with van der Waals surface area (Å²) in [7, 11) is 2.12. The van der Waals surface area contributed by atoms with E-state index in [0.29, 0.717) is 18.1 Å². The van der Waals surface area contributed by atoms with E-state index in [1.54, 1.807) is 0 Å². The maximum atomic E-state index is 6.11. The molecule has 0 bridgehead atoms. The number of rotatable bonds is 6. The normalized spacial score (nSPS) is 17.2. The fraction of sp³-hybridized carbons (Fsp3) is 0.412. The number of allylic oxidation sites excluding steroid dienone is 1. The van der Waals surface area contributed by atoms with Crippen molar-refractivity contribution in [3.05, 3.63) is 29.7 Å². The van der Waals surface area contributed by atoms with Crippen molar-refractivity contribution in [1.82, 2.24) is 4.90 Å². The molecule has 1 saturated heterocycles. The third kappa shape index (κ3) is 4.87. The molecule has 5 N–H and O–H groups in total. The molecule has 0 unspecified atom stereocenters. The van der Waals surface area contributed by atoms with Crippen molar-refractivity contribution in [1.29, 1.82) is 0 Å². The van der Waals surface area contributed by atoms with Crippen molar-refractivity contribution in [2.45, 2.75) is 6.92 Å². The van der Waals surface area contributed by atoms with E-state index < -0.39 is 0 Å². The standard InChI is InChI=1S/C17H26ClN7/c1-4-22-16(18)15(20)17(21-2)23-13-11-12(19)5-6-14(13)25-9-7-24(3)8-10-25/h5-6,11,23H,2,4,7-10,19-20H2,1,3H3/b17-15-,22-16+. The Hall–Kier alpha value is -2.25. The fourth-order valence-corrected chi connectivity index (χ4v) is 2.83. The molecule has 0 spiro atoms. The molecule has 0 radical (unpaired) electrons. The van der Waals surface area contributed by atoms with E-state index in [0.717, 1.165) is 37.6 Å². The van der Waals surface area contributed by atoms with E-state index in [2.05, 4.69) is 38.9 Å². The lowest BCUT2D eigenvalue weighted by Gasteiger charge is -2.35. The zero-order valence-corrected chi connectivity index (χ0v) is 15.6. The highest BCUT2D eigenvalue weighted by Gasteiger charge is 2.18. The van der Waals surface area contributed by atoms with Crippen LogP contribution >= 0.6 is 11.6 Å². The van der Waals surface area contributed by atoms with Gasteiger partial charge in [-0.3, -0.25) is 4.99 Å². The second-order valence-corrected chi connectivity index (χ2v) is 6.24. The second-order valence-electron chi connectivity index (χ2n) is 5.88. The molecule has 0 saturated carbocycles. The third-order valence-electron chi connectivity index (χ3n) is 4.05. The predicted molar refractivity (Wildman–Crippen MR) is 109 cm³/mol. The number of anilines is 3. The first kappa shape index (κ1) is 19.1. The van der Waals surface area contributed by atoms with E-state index in [1.807, 2.05) is 25.1 Å². The van der Waals surface area contributed by atoms with Crippen LogP contribution in [0.3, 0.4) is 0 Å². The van der Waals surface area contributed by atoms with Crippen molar-refractivity contribution in [3.8, 4) is 0 Å². The first-order valence-electron chi connectivity index (χ1n) is 8.23. The monoisotopic (exact) mass is 363 g/mol. The molecule has 0 aliphatic carbocycles. The molecule has 25 heavy (non-hydrogen) atoms. The summed E-state index contributed by atoms with van der Waals surface area (Å²) in [5.74, 6) is 0.364. The zero-order valence-electron chi connectivity index (χ0n) is 14.8. The molecule has 0 atom stereocenters. The first-order valence-corrected chi connectivity index (χ1v) is 8.60. The number of benzene rings is 1. The molecule has 136 valence electrons. The van der Waals surface area contributed by atoms with Crippen LogP contribution in [0, 0.1) is 0 Å². The molecule has 1 aromatic carbocycles. The van der Waals surface area contributed by atoms with Gasteiger partial charge < -0.3 is 26.6 Å². The summed E-state index contributed by atoms with van der Waals surface area (Å²) in [4.78, 5) is 12.7. The average molecular weight is 364 g/mol. The number of nitrogens with one attached hydrogen (secondary N) is 1. The van der Waals surface area contributed by atoms with Gasteiger partial charge in [-0.1, -0.05) is 11.6 Å². The lowest BCUT2D eigenvalue weighted by Crippen LogP contribution is -2.44. The Bertz CT molecular complexity index is 676. The summed E-state index contributed by atoms with van der Waals surface area (Å²) in [6, 6.07) is 5.75. The van der Waals surface area contributed by atoms with E-state index in [1.165, 1.54) is 0 Å². The second kappa shape index (κ2) is 8.73. The Morgan fingerprint density at radius 2 is 2.00 bits per heavy atom. The summed E-state index contributed by atoms with van der Waals surface area (Å²) in [5.41, 5.74) is 14.8. The van der Waals surface area contributed by atoms with E-state index in [-0.39, 0.29) is 10.9 Å². The number of hydrogen-bond donors (Lipinski definition) is 3. The number of piperazine rings is 1. The number of aliphatic imine (C=N–C) groups is 2. The summed E-state index contributed by atoms with van der Waals surface area (Å²) >= 11 is 6.11. The molecular formula is C17H26ClN7. The van der Waals surface area contributed by atoms with Gasteiger partial charge in [-0.05, 0) is 38.9 Å². The topological polar surface area (TPSA) is 95.3 Å². The molecule has 1 aliphatic heterocycles. The summed E-state index contributed by atoms with van der Waals surface area (Å²) in [6.45, 7) is 9.87. The van der Waals surface area contributed by atoms with Crippen molar-refractivity contribution in [3.63, 3.8) is 0 Å². The molecule has 1 fully saturated rings. The maximum Gasteiger partial charge on any atom is 0.156 e. The highest BCUT2D eigenvalue weighted by Crippen LogP contribution is 2.30. The Labute approximate surface area is 154 Å². The van der Waals surface area contributed by atoms with Crippen LogP contribution in [0.25, 0.3) is 0 Å². The first-order chi connectivity index (χ1) is 12.0. The van der Waals surface area contributed by atoms with Crippen LogP contribution < -0.4 is 21.7 Å². The highest BCUT2D eigenvalue weighted by molar-refractivity contribution is 6.69. The van der Waals surface area contributed by atoms with Crippen LogP contribution in [0.4, 0.5) is 17.1 Å². The minimum absolute atomic E-state index is 0.211. The Balaban J connectivity index is 2.34. The molecule has 2 rings (SSSR count). The van der Waals surface area contributed by atoms with Gasteiger partial charge in [0.25, 0.3) is 0 Å². The molecule has 8 heteroatoms. The molecule has 1 aliphatic rings. The van der Waals surface area contributed by atoms with Crippen LogP contribution in [0.1, 0.15) is 6.92 Å². The van der Waals surface area contributed by atoms with Gasteiger partial charge in [0.1, 0.15) is 5.70 Å². The Morgan fingerprint density at radius 1 is 1.32 bits per heavy atom. The zero-order chi connectivity index (χ0) is 18.4. The van der Waals surface area contributed by atoms with E-state index >= 15 is 0 Å². The summed E-state index contributed by atoms with van der Waals surface area (Å²) in [6.07, 6.45) is 0. The van der Waals surface area contributed by atoms with Crippen molar-refractivity contribution in [2.24, 2.45) is 15.7 Å². The number of halogens is 1. The molecule has 1 heterocycles. The van der Waals surface area contributed by atoms with Crippen LogP contribution in [-0.4, -0.2) is 56.6 Å². The fourth-order valence-electron chi connectivity index (χ4n) is 2.62. The highest BCUT2D eigenvalue weighted by atomic mass is 35.5. The van der Waals surface area contributed by atoms with Gasteiger partial charge in [0, 0.05) is 38.4 Å². The largest absolute Gasteiger partial charge is 0.399 e. The van der Waals surface area contributed by atoms with Crippen LogP contribution in [0.2, 0.25) is 0 Å². The van der Waals surface area contributed by atoms with Crippen molar-refractivity contribution < 1.29 is 0 Å². The number of hydrogen-bond acceptors (Lipinski definition) is 7.